The van der Waals surface area contributed by atoms with E-state index >= 15 is 0 Å². The Morgan fingerprint density at radius 3 is 2.10 bits per heavy atom. The van der Waals surface area contributed by atoms with Crippen LogP contribution in [0.1, 0.15) is 17.6 Å². The van der Waals surface area contributed by atoms with Crippen molar-refractivity contribution >= 4 is 23.2 Å². The second-order valence-electron chi connectivity index (χ2n) is 4.23. The number of halogens is 7. The summed E-state index contributed by atoms with van der Waals surface area (Å²) in [7, 11) is 0. The second-order valence-corrected chi connectivity index (χ2v) is 5.07. The molecule has 0 spiro atoms. The Labute approximate surface area is 127 Å². The molecule has 0 fully saturated rings. The monoisotopic (exact) mass is 340 g/mol. The molecule has 7 heteroatoms. The zero-order chi connectivity index (χ0) is 15.8. The van der Waals surface area contributed by atoms with Gasteiger partial charge in [0.1, 0.15) is 0 Å². The van der Waals surface area contributed by atoms with Gasteiger partial charge < -0.3 is 0 Å². The van der Waals surface area contributed by atoms with Crippen LogP contribution in [0.3, 0.4) is 0 Å². The van der Waals surface area contributed by atoms with Crippen LogP contribution in [0, 0.1) is 0 Å². The van der Waals surface area contributed by atoms with Gasteiger partial charge in [-0.1, -0.05) is 29.3 Å². The molecule has 0 aliphatic rings. The molecule has 0 saturated carbocycles. The van der Waals surface area contributed by atoms with E-state index in [1.807, 2.05) is 0 Å². The quantitative estimate of drug-likeness (QED) is 0.539. The smallest absolute Gasteiger partial charge is 0.205 e. The maximum Gasteiger partial charge on any atom is 0.417 e. The van der Waals surface area contributed by atoms with Crippen molar-refractivity contribution in [3.05, 3.63) is 57.6 Å². The molecule has 0 nitrogen and oxygen atoms in total. The average molecular weight is 341 g/mol. The first-order valence-electron chi connectivity index (χ1n) is 5.65. The first-order chi connectivity index (χ1) is 9.70. The van der Waals surface area contributed by atoms with E-state index in [2.05, 4.69) is 0 Å². The molecule has 0 atom stereocenters. The summed E-state index contributed by atoms with van der Waals surface area (Å²) < 4.78 is 64.6. The van der Waals surface area contributed by atoms with Gasteiger partial charge in [0.25, 0.3) is 6.43 Å². The number of hydrogen-bond donors (Lipinski definition) is 0. The van der Waals surface area contributed by atoms with E-state index in [9.17, 15) is 22.0 Å². The van der Waals surface area contributed by atoms with Crippen molar-refractivity contribution in [1.82, 2.24) is 0 Å². The van der Waals surface area contributed by atoms with Crippen molar-refractivity contribution in [2.24, 2.45) is 0 Å². The molecular formula is C14H7Cl2F5. The van der Waals surface area contributed by atoms with E-state index in [-0.39, 0.29) is 15.6 Å². The van der Waals surface area contributed by atoms with Crippen molar-refractivity contribution in [3.63, 3.8) is 0 Å². The summed E-state index contributed by atoms with van der Waals surface area (Å²) >= 11 is 11.6. The number of rotatable bonds is 2. The highest BCUT2D eigenvalue weighted by molar-refractivity contribution is 6.35. The van der Waals surface area contributed by atoms with Crippen LogP contribution in [-0.2, 0) is 6.18 Å². The third kappa shape index (κ3) is 3.47. The van der Waals surface area contributed by atoms with E-state index in [0.29, 0.717) is 6.07 Å². The second kappa shape index (κ2) is 5.81. The lowest BCUT2D eigenvalue weighted by Crippen LogP contribution is -2.08. The maximum absolute atomic E-state index is 13.0. The predicted molar refractivity (Wildman–Crippen MR) is 71.9 cm³/mol. The zero-order valence-electron chi connectivity index (χ0n) is 10.2. The van der Waals surface area contributed by atoms with Gasteiger partial charge in [0.2, 0.25) is 0 Å². The molecular weight excluding hydrogens is 334 g/mol. The lowest BCUT2D eigenvalue weighted by atomic mass is 9.97. The van der Waals surface area contributed by atoms with Crippen molar-refractivity contribution in [1.29, 1.82) is 0 Å². The van der Waals surface area contributed by atoms with Crippen LogP contribution in [0.5, 0.6) is 0 Å². The molecule has 0 bridgehead atoms. The Hall–Kier alpha value is -1.33. The van der Waals surface area contributed by atoms with Crippen molar-refractivity contribution in [2.45, 2.75) is 12.6 Å². The standard InChI is InChI=1S/C14H7Cl2F5/c15-8-2-4-12(16)10(6-8)9-5-7(13(17)18)1-3-11(9)14(19,20)21/h1-6,13H. The first-order valence-corrected chi connectivity index (χ1v) is 6.40. The summed E-state index contributed by atoms with van der Waals surface area (Å²) in [5.74, 6) is 0. The van der Waals surface area contributed by atoms with Crippen LogP contribution in [-0.4, -0.2) is 0 Å². The fraction of sp³-hybridized carbons (Fsp3) is 0.143. The summed E-state index contributed by atoms with van der Waals surface area (Å²) in [4.78, 5) is 0. The Balaban J connectivity index is 2.74. The molecule has 0 saturated heterocycles. The number of alkyl halides is 5. The van der Waals surface area contributed by atoms with Crippen LogP contribution in [0.2, 0.25) is 10.0 Å². The Bertz CT molecular complexity index is 665. The molecule has 2 aromatic carbocycles. The summed E-state index contributed by atoms with van der Waals surface area (Å²) in [6, 6.07) is 6.07. The molecule has 0 unspecified atom stereocenters. The highest BCUT2D eigenvalue weighted by Crippen LogP contribution is 2.41. The lowest BCUT2D eigenvalue weighted by Gasteiger charge is -2.15. The fourth-order valence-corrected chi connectivity index (χ4v) is 2.26. The summed E-state index contributed by atoms with van der Waals surface area (Å²) in [6.07, 6.45) is -7.58. The van der Waals surface area contributed by atoms with E-state index < -0.39 is 29.3 Å². The van der Waals surface area contributed by atoms with Gasteiger partial charge in [-0.3, -0.25) is 0 Å². The summed E-state index contributed by atoms with van der Waals surface area (Å²) in [5.41, 5.74) is -2.03. The van der Waals surface area contributed by atoms with Crippen LogP contribution >= 0.6 is 23.2 Å². The molecule has 0 radical (unpaired) electrons. The largest absolute Gasteiger partial charge is 0.417 e. The van der Waals surface area contributed by atoms with Gasteiger partial charge >= 0.3 is 6.18 Å². The predicted octanol–water partition coefficient (Wildman–Crippen LogP) is 6.62. The normalized spacial score (nSPS) is 12.0. The average Bonchev–Trinajstić information content (AvgIpc) is 2.39. The third-order valence-electron chi connectivity index (χ3n) is 2.82. The minimum Gasteiger partial charge on any atom is -0.205 e. The highest BCUT2D eigenvalue weighted by atomic mass is 35.5. The molecule has 0 aliphatic carbocycles. The Kier molecular flexibility index (Phi) is 4.44. The molecule has 2 aromatic rings. The van der Waals surface area contributed by atoms with Crippen LogP contribution in [0.15, 0.2) is 36.4 Å². The minimum absolute atomic E-state index is 0.00341. The van der Waals surface area contributed by atoms with E-state index in [0.717, 1.165) is 12.1 Å². The SMILES string of the molecule is FC(F)c1ccc(C(F)(F)F)c(-c2cc(Cl)ccc2Cl)c1. The van der Waals surface area contributed by atoms with Crippen LogP contribution in [0.25, 0.3) is 11.1 Å². The van der Waals surface area contributed by atoms with E-state index in [4.69, 9.17) is 23.2 Å². The summed E-state index contributed by atoms with van der Waals surface area (Å²) in [5, 5.41) is 0.154. The molecule has 0 aromatic heterocycles. The van der Waals surface area contributed by atoms with Gasteiger partial charge in [0, 0.05) is 21.2 Å². The van der Waals surface area contributed by atoms with Gasteiger partial charge in [-0.2, -0.15) is 13.2 Å². The Morgan fingerprint density at radius 1 is 0.857 bits per heavy atom. The van der Waals surface area contributed by atoms with Gasteiger partial charge in [-0.15, -0.1) is 0 Å². The summed E-state index contributed by atoms with van der Waals surface area (Å²) in [6.45, 7) is 0. The van der Waals surface area contributed by atoms with Crippen molar-refractivity contribution < 1.29 is 22.0 Å². The van der Waals surface area contributed by atoms with Gasteiger partial charge in [0.15, 0.2) is 0 Å². The molecule has 21 heavy (non-hydrogen) atoms. The first kappa shape index (κ1) is 16.0. The van der Waals surface area contributed by atoms with Crippen LogP contribution < -0.4 is 0 Å². The minimum atomic E-state index is -4.69. The van der Waals surface area contributed by atoms with E-state index in [1.54, 1.807) is 0 Å². The molecule has 2 rings (SSSR count). The maximum atomic E-state index is 13.0. The topological polar surface area (TPSA) is 0 Å². The third-order valence-corrected chi connectivity index (χ3v) is 3.38. The van der Waals surface area contributed by atoms with E-state index in [1.165, 1.54) is 18.2 Å². The van der Waals surface area contributed by atoms with Crippen LogP contribution in [0.4, 0.5) is 22.0 Å². The lowest BCUT2D eigenvalue weighted by molar-refractivity contribution is -0.137. The fourth-order valence-electron chi connectivity index (χ4n) is 1.87. The zero-order valence-corrected chi connectivity index (χ0v) is 11.7. The molecule has 0 amide bonds. The molecule has 0 aliphatic heterocycles. The molecule has 112 valence electrons. The molecule has 0 N–H and O–H groups in total. The Morgan fingerprint density at radius 2 is 1.52 bits per heavy atom. The molecule has 0 heterocycles. The van der Waals surface area contributed by atoms with Gasteiger partial charge in [0.05, 0.1) is 5.56 Å². The highest BCUT2D eigenvalue weighted by Gasteiger charge is 2.34. The number of benzene rings is 2. The van der Waals surface area contributed by atoms with Crippen molar-refractivity contribution in [2.75, 3.05) is 0 Å². The van der Waals surface area contributed by atoms with Crippen molar-refractivity contribution in [3.8, 4) is 11.1 Å². The number of hydrogen-bond acceptors (Lipinski definition) is 0. The van der Waals surface area contributed by atoms with Gasteiger partial charge in [-0.05, 0) is 35.9 Å². The van der Waals surface area contributed by atoms with Gasteiger partial charge in [-0.25, -0.2) is 8.78 Å².